The Kier molecular flexibility index (Phi) is 6.46. The highest BCUT2D eigenvalue weighted by Gasteiger charge is 2.32. The van der Waals surface area contributed by atoms with Crippen molar-refractivity contribution in [1.29, 1.82) is 0 Å². The van der Waals surface area contributed by atoms with Gasteiger partial charge < -0.3 is 14.5 Å². The molecule has 0 aliphatic carbocycles. The summed E-state index contributed by atoms with van der Waals surface area (Å²) in [6.45, 7) is 1.27. The minimum absolute atomic E-state index is 0.0552. The molecule has 1 fully saturated rings. The van der Waals surface area contributed by atoms with E-state index in [0.717, 1.165) is 6.42 Å². The minimum Gasteiger partial charge on any atom is -0.406 e. The molecule has 2 aromatic rings. The van der Waals surface area contributed by atoms with Gasteiger partial charge in [-0.15, -0.1) is 24.5 Å². The van der Waals surface area contributed by atoms with Crippen molar-refractivity contribution < 1.29 is 27.5 Å². The summed E-state index contributed by atoms with van der Waals surface area (Å²) in [5, 5.41) is 1.85. The molecule has 1 saturated heterocycles. The predicted molar refractivity (Wildman–Crippen MR) is 103 cm³/mol. The fourth-order valence-corrected chi connectivity index (χ4v) is 4.07. The summed E-state index contributed by atoms with van der Waals surface area (Å²) in [7, 11) is 1.66. The molecule has 156 valence electrons. The van der Waals surface area contributed by atoms with Crippen LogP contribution in [0.3, 0.4) is 0 Å². The van der Waals surface area contributed by atoms with Crippen molar-refractivity contribution >= 4 is 23.2 Å². The molecular weight excluding hydrogens is 405 g/mol. The number of hydrogen-bond acceptors (Lipinski definition) is 4. The lowest BCUT2D eigenvalue weighted by atomic mass is 9.96. The van der Waals surface area contributed by atoms with E-state index < -0.39 is 6.36 Å². The number of halogens is 3. The Labute approximate surface area is 170 Å². The average molecular weight is 426 g/mol. The molecule has 9 heteroatoms. The van der Waals surface area contributed by atoms with Gasteiger partial charge in [0.05, 0.1) is 10.8 Å². The molecule has 0 N–H and O–H groups in total. The lowest BCUT2D eigenvalue weighted by Gasteiger charge is -2.33. The molecule has 0 radical (unpaired) electrons. The summed E-state index contributed by atoms with van der Waals surface area (Å²) in [6, 6.07) is 9.04. The molecule has 29 heavy (non-hydrogen) atoms. The molecule has 0 saturated carbocycles. The molecular formula is C20H21F3N2O3S. The lowest BCUT2D eigenvalue weighted by molar-refractivity contribution is -0.274. The van der Waals surface area contributed by atoms with E-state index in [1.807, 2.05) is 11.4 Å². The Hall–Kier alpha value is -2.55. The second kappa shape index (κ2) is 8.86. The molecule has 1 aromatic heterocycles. The maximum Gasteiger partial charge on any atom is 0.573 e. The quantitative estimate of drug-likeness (QED) is 0.722. The van der Waals surface area contributed by atoms with Crippen LogP contribution in [0.25, 0.3) is 0 Å². The summed E-state index contributed by atoms with van der Waals surface area (Å²) in [6.07, 6.45) is -3.28. The van der Waals surface area contributed by atoms with Gasteiger partial charge in [0, 0.05) is 26.7 Å². The monoisotopic (exact) mass is 426 g/mol. The first-order valence-corrected chi connectivity index (χ1v) is 10.0. The molecule has 3 rings (SSSR count). The molecule has 1 aliphatic rings. The van der Waals surface area contributed by atoms with Crippen molar-refractivity contribution in [1.82, 2.24) is 9.80 Å². The van der Waals surface area contributed by atoms with Crippen LogP contribution >= 0.6 is 11.3 Å². The van der Waals surface area contributed by atoms with E-state index >= 15 is 0 Å². The van der Waals surface area contributed by atoms with E-state index in [0.29, 0.717) is 30.0 Å². The van der Waals surface area contributed by atoms with Crippen LogP contribution in [0.4, 0.5) is 13.2 Å². The normalized spacial score (nSPS) is 17.1. The number of rotatable bonds is 5. The second-order valence-corrected chi connectivity index (χ2v) is 7.90. The summed E-state index contributed by atoms with van der Waals surface area (Å²) in [4.78, 5) is 29.3. The number of ether oxygens (including phenoxy) is 1. The first-order chi connectivity index (χ1) is 13.7. The largest absolute Gasteiger partial charge is 0.573 e. The van der Waals surface area contributed by atoms with Gasteiger partial charge in [-0.25, -0.2) is 0 Å². The molecule has 1 aliphatic heterocycles. The predicted octanol–water partition coefficient (Wildman–Crippen LogP) is 4.16. The maximum atomic E-state index is 12.8. The van der Waals surface area contributed by atoms with Gasteiger partial charge in [0.2, 0.25) is 5.91 Å². The number of alkyl halides is 3. The highest BCUT2D eigenvalue weighted by Crippen LogP contribution is 2.24. The zero-order valence-electron chi connectivity index (χ0n) is 15.8. The van der Waals surface area contributed by atoms with Gasteiger partial charge in [-0.05, 0) is 42.0 Å². The fourth-order valence-electron chi connectivity index (χ4n) is 3.38. The van der Waals surface area contributed by atoms with E-state index in [1.165, 1.54) is 35.6 Å². The van der Waals surface area contributed by atoms with E-state index in [4.69, 9.17) is 0 Å². The summed E-state index contributed by atoms with van der Waals surface area (Å²) >= 11 is 1.38. The number of piperidine rings is 1. The van der Waals surface area contributed by atoms with Gasteiger partial charge in [0.25, 0.3) is 5.91 Å². The number of benzene rings is 1. The molecule has 0 unspecified atom stereocenters. The van der Waals surface area contributed by atoms with Crippen molar-refractivity contribution in [3.63, 3.8) is 0 Å². The molecule has 2 amide bonds. The van der Waals surface area contributed by atoms with Crippen molar-refractivity contribution in [3.05, 3.63) is 52.2 Å². The van der Waals surface area contributed by atoms with Gasteiger partial charge in [0.15, 0.2) is 0 Å². The van der Waals surface area contributed by atoms with E-state index in [-0.39, 0.29) is 30.0 Å². The van der Waals surface area contributed by atoms with Crippen LogP contribution in [0.2, 0.25) is 0 Å². The van der Waals surface area contributed by atoms with Crippen molar-refractivity contribution in [2.24, 2.45) is 5.92 Å². The van der Waals surface area contributed by atoms with E-state index in [9.17, 15) is 22.8 Å². The van der Waals surface area contributed by atoms with Crippen molar-refractivity contribution in [3.8, 4) is 5.75 Å². The number of carbonyl (C=O) groups is 2. The zero-order valence-corrected chi connectivity index (χ0v) is 16.6. The van der Waals surface area contributed by atoms with Crippen LogP contribution in [-0.4, -0.2) is 48.1 Å². The van der Waals surface area contributed by atoms with Gasteiger partial charge >= 0.3 is 6.36 Å². The molecule has 2 heterocycles. The Morgan fingerprint density at radius 2 is 1.97 bits per heavy atom. The zero-order chi connectivity index (χ0) is 21.0. The topological polar surface area (TPSA) is 49.9 Å². The van der Waals surface area contributed by atoms with Crippen LogP contribution < -0.4 is 4.74 Å². The Balaban J connectivity index is 1.57. The van der Waals surface area contributed by atoms with E-state index in [1.54, 1.807) is 22.9 Å². The van der Waals surface area contributed by atoms with Crippen LogP contribution in [0.5, 0.6) is 5.75 Å². The maximum absolute atomic E-state index is 12.8. The number of nitrogens with zero attached hydrogens (tertiary/aromatic N) is 2. The van der Waals surface area contributed by atoms with Gasteiger partial charge in [-0.3, -0.25) is 9.59 Å². The minimum atomic E-state index is -4.73. The third kappa shape index (κ3) is 5.72. The van der Waals surface area contributed by atoms with Gasteiger partial charge in [-0.1, -0.05) is 18.2 Å². The van der Waals surface area contributed by atoms with Gasteiger partial charge in [-0.2, -0.15) is 0 Å². The highest BCUT2D eigenvalue weighted by molar-refractivity contribution is 7.12. The summed E-state index contributed by atoms with van der Waals surface area (Å²) < 4.78 is 40.6. The van der Waals surface area contributed by atoms with Crippen LogP contribution in [0.15, 0.2) is 41.8 Å². The average Bonchev–Trinajstić information content (AvgIpc) is 3.22. The first kappa shape index (κ1) is 21.2. The third-order valence-electron chi connectivity index (χ3n) is 4.74. The van der Waals surface area contributed by atoms with Gasteiger partial charge in [0.1, 0.15) is 5.75 Å². The lowest BCUT2D eigenvalue weighted by Crippen LogP contribution is -2.45. The second-order valence-electron chi connectivity index (χ2n) is 6.95. The SMILES string of the molecule is CN(Cc1ccc(OC(F)(F)F)cc1)C(=O)[C@@H]1CCCN(C(=O)c2cccs2)C1. The molecule has 0 bridgehead atoms. The summed E-state index contributed by atoms with van der Waals surface area (Å²) in [5.74, 6) is -0.722. The first-order valence-electron chi connectivity index (χ1n) is 9.15. The fraction of sp³-hybridized carbons (Fsp3) is 0.400. The highest BCUT2D eigenvalue weighted by atomic mass is 32.1. The third-order valence-corrected chi connectivity index (χ3v) is 5.60. The molecule has 1 atom stereocenters. The smallest absolute Gasteiger partial charge is 0.406 e. The Morgan fingerprint density at radius 3 is 2.59 bits per heavy atom. The van der Waals surface area contributed by atoms with Crippen LogP contribution in [0.1, 0.15) is 28.1 Å². The Bertz CT molecular complexity index is 838. The molecule has 5 nitrogen and oxygen atoms in total. The number of carbonyl (C=O) groups excluding carboxylic acids is 2. The Morgan fingerprint density at radius 1 is 1.24 bits per heavy atom. The standard InChI is InChI=1S/C20H21F3N2O3S/c1-24(12-14-6-8-16(9-7-14)28-20(21,22)23)18(26)15-4-2-10-25(13-15)19(27)17-5-3-11-29-17/h3,5-9,11,15H,2,4,10,12-13H2,1H3/t15-/m1/s1. The number of likely N-dealkylation sites (tertiary alicyclic amines) is 1. The number of thiophene rings is 1. The van der Waals surface area contributed by atoms with Crippen molar-refractivity contribution in [2.75, 3.05) is 20.1 Å². The number of hydrogen-bond donors (Lipinski definition) is 0. The molecule has 1 aromatic carbocycles. The van der Waals surface area contributed by atoms with Crippen LogP contribution in [0, 0.1) is 5.92 Å². The van der Waals surface area contributed by atoms with Crippen LogP contribution in [-0.2, 0) is 11.3 Å². The van der Waals surface area contributed by atoms with Crippen molar-refractivity contribution in [2.45, 2.75) is 25.7 Å². The summed E-state index contributed by atoms with van der Waals surface area (Å²) in [5.41, 5.74) is 0.692. The number of amides is 2. The van der Waals surface area contributed by atoms with E-state index in [2.05, 4.69) is 4.74 Å². The molecule has 0 spiro atoms.